The Balaban J connectivity index is 1.40. The average molecular weight is 752 g/mol. The molecule has 2 aliphatic heterocycles. The van der Waals surface area contributed by atoms with E-state index in [1.807, 2.05) is 43.0 Å². The zero-order chi connectivity index (χ0) is 38.1. The summed E-state index contributed by atoms with van der Waals surface area (Å²) in [6, 6.07) is 11.9. The normalized spacial score (nSPS) is 18.8. The minimum Gasteiger partial charge on any atom is -0.465 e. The van der Waals surface area contributed by atoms with E-state index in [1.54, 1.807) is 11.3 Å². The summed E-state index contributed by atoms with van der Waals surface area (Å²) in [7, 11) is 2.86. The van der Waals surface area contributed by atoms with Crippen molar-refractivity contribution >= 4 is 52.1 Å². The number of methoxy groups -OCH3 is 2. The molecule has 0 atom stereocenters. The summed E-state index contributed by atoms with van der Waals surface area (Å²) in [5.74, 6) is 0.120. The fourth-order valence-corrected chi connectivity index (χ4v) is 9.82. The number of anilines is 1. The maximum absolute atomic E-state index is 12.5. The van der Waals surface area contributed by atoms with Crippen LogP contribution in [0, 0.1) is 6.92 Å². The van der Waals surface area contributed by atoms with E-state index in [4.69, 9.17) is 9.47 Å². The molecule has 0 unspecified atom stereocenters. The summed E-state index contributed by atoms with van der Waals surface area (Å²) in [5.41, 5.74) is 10.2. The van der Waals surface area contributed by atoms with Gasteiger partial charge in [0.15, 0.2) is 5.71 Å². The first-order chi connectivity index (χ1) is 25.3. The molecule has 3 aromatic rings. The molecule has 2 aromatic carbocycles. The molecule has 3 aliphatic rings. The van der Waals surface area contributed by atoms with E-state index in [0.717, 1.165) is 77.0 Å². The maximum atomic E-state index is 12.5. The number of rotatable bonds is 12. The highest BCUT2D eigenvalue weighted by Gasteiger charge is 2.45. The van der Waals surface area contributed by atoms with E-state index < -0.39 is 0 Å². The Hall–Kier alpha value is -4.28. The van der Waals surface area contributed by atoms with Crippen molar-refractivity contribution in [3.63, 3.8) is 0 Å². The van der Waals surface area contributed by atoms with Gasteiger partial charge in [0.1, 0.15) is 16.6 Å². The molecule has 1 aliphatic carbocycles. The van der Waals surface area contributed by atoms with E-state index >= 15 is 0 Å². The van der Waals surface area contributed by atoms with Gasteiger partial charge in [-0.15, -0.1) is 33.3 Å². The van der Waals surface area contributed by atoms with E-state index in [2.05, 4.69) is 97.7 Å². The molecule has 278 valence electrons. The molecule has 0 saturated carbocycles. The van der Waals surface area contributed by atoms with Crippen LogP contribution in [0.1, 0.15) is 109 Å². The molecule has 1 aromatic heterocycles. The topological polar surface area (TPSA) is 84.6 Å². The van der Waals surface area contributed by atoms with Gasteiger partial charge in [-0.2, -0.15) is 4.58 Å². The van der Waals surface area contributed by atoms with Gasteiger partial charge >= 0.3 is 11.9 Å². The van der Waals surface area contributed by atoms with Crippen LogP contribution in [0.4, 0.5) is 11.4 Å². The fourth-order valence-electron chi connectivity index (χ4n) is 7.86. The summed E-state index contributed by atoms with van der Waals surface area (Å²) in [6.07, 6.45) is 13.1. The highest BCUT2D eigenvalue weighted by atomic mass is 32.2. The lowest BCUT2D eigenvalue weighted by Gasteiger charge is -2.26. The van der Waals surface area contributed by atoms with Crippen LogP contribution in [0.3, 0.4) is 0 Å². The lowest BCUT2D eigenvalue weighted by molar-refractivity contribution is -0.437. The third-order valence-electron chi connectivity index (χ3n) is 10.6. The number of aryl methyl sites for hydroxylation is 1. The van der Waals surface area contributed by atoms with Crippen molar-refractivity contribution in [1.82, 2.24) is 10.2 Å². The van der Waals surface area contributed by atoms with Crippen molar-refractivity contribution in [3.05, 3.63) is 115 Å². The largest absolute Gasteiger partial charge is 0.465 e. The van der Waals surface area contributed by atoms with Crippen LogP contribution in [0.15, 0.2) is 82.5 Å². The number of fused-ring (bicyclic) bond motifs is 2. The summed E-state index contributed by atoms with van der Waals surface area (Å²) in [5, 5.41) is 10.7. The quantitative estimate of drug-likeness (QED) is 0.134. The number of carbonyl (C=O) groups is 2. The van der Waals surface area contributed by atoms with Gasteiger partial charge in [0.2, 0.25) is 5.69 Å². The summed E-state index contributed by atoms with van der Waals surface area (Å²) in [6.45, 7) is 17.2. The van der Waals surface area contributed by atoms with Crippen molar-refractivity contribution in [2.24, 2.45) is 0 Å². The van der Waals surface area contributed by atoms with Gasteiger partial charge in [0.25, 0.3) is 0 Å². The molecular formula is C43H51N4O4S2+. The third-order valence-corrected chi connectivity index (χ3v) is 12.8. The molecule has 0 bridgehead atoms. The van der Waals surface area contributed by atoms with E-state index in [1.165, 1.54) is 41.7 Å². The first kappa shape index (κ1) is 38.4. The average Bonchev–Trinajstić information content (AvgIpc) is 3.85. The van der Waals surface area contributed by atoms with Crippen LogP contribution in [0.5, 0.6) is 0 Å². The molecule has 3 heterocycles. The van der Waals surface area contributed by atoms with Gasteiger partial charge in [-0.25, -0.2) is 9.59 Å². The van der Waals surface area contributed by atoms with Crippen LogP contribution in [-0.2, 0) is 26.1 Å². The SMILES string of the molecule is CCCN1/C(=C/C=C2\CCC(/C=C/C3=[N+](CCC)c4ccc(C(=O)OC)cc4C3(C)C)=C2SCc2nnc(C)s2)C(C)(C)c2cc(C(=O)OC)ccc21. The molecule has 0 saturated heterocycles. The Bertz CT molecular complexity index is 2100. The summed E-state index contributed by atoms with van der Waals surface area (Å²) < 4.78 is 12.5. The molecule has 0 amide bonds. The third kappa shape index (κ3) is 7.32. The van der Waals surface area contributed by atoms with E-state index in [0.29, 0.717) is 11.1 Å². The number of ether oxygens (including phenoxy) is 2. The van der Waals surface area contributed by atoms with Crippen LogP contribution < -0.4 is 4.90 Å². The van der Waals surface area contributed by atoms with Crippen molar-refractivity contribution in [1.29, 1.82) is 0 Å². The molecular weight excluding hydrogens is 701 g/mol. The number of hydrogen-bond acceptors (Lipinski definition) is 9. The molecule has 0 fully saturated rings. The second-order valence-electron chi connectivity index (χ2n) is 14.8. The number of esters is 2. The van der Waals surface area contributed by atoms with Crippen molar-refractivity contribution in [2.45, 2.75) is 90.7 Å². The number of thioether (sulfide) groups is 1. The van der Waals surface area contributed by atoms with Gasteiger partial charge in [-0.05, 0) is 93.2 Å². The van der Waals surface area contributed by atoms with Crippen LogP contribution >= 0.6 is 23.1 Å². The first-order valence-electron chi connectivity index (χ1n) is 18.5. The maximum Gasteiger partial charge on any atom is 0.337 e. The second-order valence-corrected chi connectivity index (χ2v) is 17.1. The number of aromatic nitrogens is 2. The monoisotopic (exact) mass is 751 g/mol. The molecule has 0 N–H and O–H groups in total. The predicted molar refractivity (Wildman–Crippen MR) is 217 cm³/mol. The molecule has 6 rings (SSSR count). The number of nitrogens with zero attached hydrogens (tertiary/aromatic N) is 4. The number of benzene rings is 2. The van der Waals surface area contributed by atoms with Crippen LogP contribution in [-0.4, -0.2) is 59.7 Å². The van der Waals surface area contributed by atoms with E-state index in [-0.39, 0.29) is 22.8 Å². The lowest BCUT2D eigenvalue weighted by atomic mass is 9.80. The van der Waals surface area contributed by atoms with Gasteiger partial charge in [0.05, 0.1) is 36.5 Å². The van der Waals surface area contributed by atoms with Crippen molar-refractivity contribution < 1.29 is 23.6 Å². The van der Waals surface area contributed by atoms with Crippen molar-refractivity contribution in [2.75, 3.05) is 32.2 Å². The van der Waals surface area contributed by atoms with Gasteiger partial charge in [0, 0.05) is 52.4 Å². The standard InChI is InChI=1S/C43H51N4O4S2/c1-10-22-46-34-18-14-30(40(48)50-8)24-32(34)42(4,5)36(46)20-16-28-12-13-29(39(28)52-26-38-45-44-27(3)53-38)17-21-37-43(6,7)33-25-31(41(49)51-9)15-19-35(33)47(37)23-11-2/h14-21,24-25H,10-13,22-23,26H2,1-9H3/q+1. The zero-order valence-corrected chi connectivity index (χ0v) is 34.1. The Morgan fingerprint density at radius 1 is 0.906 bits per heavy atom. The molecule has 0 spiro atoms. The van der Waals surface area contributed by atoms with Gasteiger partial charge in [-0.3, -0.25) is 0 Å². The summed E-state index contributed by atoms with van der Waals surface area (Å²) >= 11 is 3.49. The van der Waals surface area contributed by atoms with Crippen molar-refractivity contribution in [3.8, 4) is 0 Å². The number of hydrogen-bond donors (Lipinski definition) is 0. The minimum atomic E-state index is -0.319. The minimum absolute atomic E-state index is 0.301. The summed E-state index contributed by atoms with van der Waals surface area (Å²) in [4.78, 5) is 28.6. The predicted octanol–water partition coefficient (Wildman–Crippen LogP) is 9.76. The van der Waals surface area contributed by atoms with Crippen LogP contribution in [0.2, 0.25) is 0 Å². The second kappa shape index (κ2) is 15.6. The van der Waals surface area contributed by atoms with Gasteiger partial charge < -0.3 is 14.4 Å². The Morgan fingerprint density at radius 2 is 1.60 bits per heavy atom. The highest BCUT2D eigenvalue weighted by Crippen LogP contribution is 2.49. The Kier molecular flexibility index (Phi) is 11.3. The molecule has 10 heteroatoms. The molecule has 53 heavy (non-hydrogen) atoms. The Labute approximate surface area is 322 Å². The Morgan fingerprint density at radius 3 is 2.25 bits per heavy atom. The van der Waals surface area contributed by atoms with Gasteiger partial charge in [-0.1, -0.05) is 39.8 Å². The first-order valence-corrected chi connectivity index (χ1v) is 20.3. The molecule has 0 radical (unpaired) electrons. The van der Waals surface area contributed by atoms with Crippen LogP contribution in [0.25, 0.3) is 0 Å². The zero-order valence-electron chi connectivity index (χ0n) is 32.5. The number of carbonyl (C=O) groups excluding carboxylic acids is 2. The number of allylic oxidation sites excluding steroid dienone is 7. The lowest BCUT2D eigenvalue weighted by Crippen LogP contribution is -2.28. The smallest absolute Gasteiger partial charge is 0.337 e. The fraction of sp³-hybridized carbons (Fsp3) is 0.419. The highest BCUT2D eigenvalue weighted by molar-refractivity contribution is 8.02. The van der Waals surface area contributed by atoms with E-state index in [9.17, 15) is 9.59 Å². The molecule has 8 nitrogen and oxygen atoms in total.